The molecule has 0 saturated heterocycles. The van der Waals surface area contributed by atoms with Gasteiger partial charge in [-0.15, -0.1) is 0 Å². The standard InChI is InChI=1S/C19H17NO3/c1-3-14-11-13(9-10-17(14)22-2)12-16-19(21)23-18(20-16)15-7-5-4-6-8-15/h4-12H,3H2,1-2H3/b16-12+. The van der Waals surface area contributed by atoms with Gasteiger partial charge in [0.2, 0.25) is 5.90 Å². The molecule has 0 aliphatic carbocycles. The van der Waals surface area contributed by atoms with Crippen molar-refractivity contribution in [1.29, 1.82) is 0 Å². The third-order valence-electron chi connectivity index (χ3n) is 3.63. The number of aliphatic imine (C=N–C) groups is 1. The van der Waals surface area contributed by atoms with Gasteiger partial charge in [-0.1, -0.05) is 31.2 Å². The van der Waals surface area contributed by atoms with E-state index in [2.05, 4.69) is 11.9 Å². The molecule has 4 nitrogen and oxygen atoms in total. The second kappa shape index (κ2) is 6.48. The molecule has 2 aromatic rings. The number of nitrogens with zero attached hydrogens (tertiary/aromatic N) is 1. The van der Waals surface area contributed by atoms with Gasteiger partial charge in [0.25, 0.3) is 0 Å². The number of carbonyl (C=O) groups excluding carboxylic acids is 1. The van der Waals surface area contributed by atoms with Gasteiger partial charge >= 0.3 is 5.97 Å². The predicted molar refractivity (Wildman–Crippen MR) is 89.4 cm³/mol. The van der Waals surface area contributed by atoms with Gasteiger partial charge in [0.15, 0.2) is 5.70 Å². The van der Waals surface area contributed by atoms with Gasteiger partial charge in [-0.25, -0.2) is 9.79 Å². The van der Waals surface area contributed by atoms with Crippen molar-refractivity contribution in [3.8, 4) is 5.75 Å². The van der Waals surface area contributed by atoms with Crippen molar-refractivity contribution in [3.05, 3.63) is 70.9 Å². The Bertz CT molecular complexity index is 792. The fourth-order valence-electron chi connectivity index (χ4n) is 2.44. The van der Waals surface area contributed by atoms with Crippen LogP contribution in [0.3, 0.4) is 0 Å². The number of hydrogen-bond donors (Lipinski definition) is 0. The minimum Gasteiger partial charge on any atom is -0.496 e. The van der Waals surface area contributed by atoms with Crippen LogP contribution in [-0.2, 0) is 16.0 Å². The Hall–Kier alpha value is -2.88. The molecule has 0 radical (unpaired) electrons. The van der Waals surface area contributed by atoms with Crippen LogP contribution in [0.15, 0.2) is 59.2 Å². The van der Waals surface area contributed by atoms with Crippen molar-refractivity contribution in [2.45, 2.75) is 13.3 Å². The molecular weight excluding hydrogens is 290 g/mol. The van der Waals surface area contributed by atoms with E-state index < -0.39 is 5.97 Å². The second-order valence-electron chi connectivity index (χ2n) is 5.13. The summed E-state index contributed by atoms with van der Waals surface area (Å²) >= 11 is 0. The van der Waals surface area contributed by atoms with Crippen molar-refractivity contribution < 1.29 is 14.3 Å². The highest BCUT2D eigenvalue weighted by atomic mass is 16.6. The van der Waals surface area contributed by atoms with E-state index in [1.54, 1.807) is 13.2 Å². The first kappa shape index (κ1) is 15.0. The quantitative estimate of drug-likeness (QED) is 0.640. The Kier molecular flexibility index (Phi) is 4.24. The average Bonchev–Trinajstić information content (AvgIpc) is 2.96. The molecule has 1 aliphatic heterocycles. The number of hydrogen-bond acceptors (Lipinski definition) is 4. The van der Waals surface area contributed by atoms with Gasteiger partial charge in [-0.05, 0) is 47.9 Å². The molecule has 0 saturated carbocycles. The lowest BCUT2D eigenvalue weighted by atomic mass is 10.1. The molecule has 0 aromatic heterocycles. The molecule has 116 valence electrons. The van der Waals surface area contributed by atoms with E-state index in [0.717, 1.165) is 28.9 Å². The molecule has 3 rings (SSSR count). The summed E-state index contributed by atoms with van der Waals surface area (Å²) in [5, 5.41) is 0. The average molecular weight is 307 g/mol. The van der Waals surface area contributed by atoms with Crippen molar-refractivity contribution in [2.24, 2.45) is 4.99 Å². The summed E-state index contributed by atoms with van der Waals surface area (Å²) < 4.78 is 10.6. The minimum absolute atomic E-state index is 0.302. The number of benzene rings is 2. The minimum atomic E-state index is -0.433. The molecule has 1 aliphatic rings. The van der Waals surface area contributed by atoms with Crippen molar-refractivity contribution in [3.63, 3.8) is 0 Å². The zero-order valence-electron chi connectivity index (χ0n) is 13.1. The lowest BCUT2D eigenvalue weighted by molar-refractivity contribution is -0.129. The molecule has 0 spiro atoms. The van der Waals surface area contributed by atoms with E-state index in [4.69, 9.17) is 9.47 Å². The zero-order valence-corrected chi connectivity index (χ0v) is 13.1. The first-order valence-corrected chi connectivity index (χ1v) is 7.46. The van der Waals surface area contributed by atoms with Gasteiger partial charge < -0.3 is 9.47 Å². The summed E-state index contributed by atoms with van der Waals surface area (Å²) in [6.07, 6.45) is 2.58. The molecule has 0 fully saturated rings. The van der Waals surface area contributed by atoms with Crippen LogP contribution in [0, 0.1) is 0 Å². The largest absolute Gasteiger partial charge is 0.496 e. The lowest BCUT2D eigenvalue weighted by Crippen LogP contribution is -2.04. The van der Waals surface area contributed by atoms with Gasteiger partial charge in [0.05, 0.1) is 7.11 Å². The molecule has 4 heteroatoms. The number of aryl methyl sites for hydroxylation is 1. The number of cyclic esters (lactones) is 1. The van der Waals surface area contributed by atoms with Gasteiger partial charge in [-0.2, -0.15) is 0 Å². The van der Waals surface area contributed by atoms with E-state index in [-0.39, 0.29) is 0 Å². The van der Waals surface area contributed by atoms with Crippen molar-refractivity contribution >= 4 is 17.9 Å². The molecule has 0 unspecified atom stereocenters. The first-order chi connectivity index (χ1) is 11.2. The van der Waals surface area contributed by atoms with Crippen molar-refractivity contribution in [2.75, 3.05) is 7.11 Å². The first-order valence-electron chi connectivity index (χ1n) is 7.46. The Morgan fingerprint density at radius 1 is 1.17 bits per heavy atom. The van der Waals surface area contributed by atoms with E-state index in [9.17, 15) is 4.79 Å². The van der Waals surface area contributed by atoms with Gasteiger partial charge in [-0.3, -0.25) is 0 Å². The highest BCUT2D eigenvalue weighted by Crippen LogP contribution is 2.24. The third-order valence-corrected chi connectivity index (χ3v) is 3.63. The maximum Gasteiger partial charge on any atom is 0.363 e. The Morgan fingerprint density at radius 3 is 2.65 bits per heavy atom. The maximum absolute atomic E-state index is 12.0. The summed E-state index contributed by atoms with van der Waals surface area (Å²) in [4.78, 5) is 16.3. The van der Waals surface area contributed by atoms with E-state index in [0.29, 0.717) is 11.6 Å². The van der Waals surface area contributed by atoms with Crippen LogP contribution in [0.2, 0.25) is 0 Å². The fraction of sp³-hybridized carbons (Fsp3) is 0.158. The fourth-order valence-corrected chi connectivity index (χ4v) is 2.44. The molecule has 0 atom stereocenters. The predicted octanol–water partition coefficient (Wildman–Crippen LogP) is 3.60. The zero-order chi connectivity index (χ0) is 16.2. The van der Waals surface area contributed by atoms with Crippen LogP contribution in [0.1, 0.15) is 23.6 Å². The van der Waals surface area contributed by atoms with Crippen LogP contribution in [0.4, 0.5) is 0 Å². The molecule has 2 aromatic carbocycles. The maximum atomic E-state index is 12.0. The van der Waals surface area contributed by atoms with Crippen LogP contribution in [-0.4, -0.2) is 19.0 Å². The number of esters is 1. The Labute approximate surface area is 135 Å². The number of carbonyl (C=O) groups is 1. The van der Waals surface area contributed by atoms with Crippen molar-refractivity contribution in [1.82, 2.24) is 0 Å². The molecule has 0 N–H and O–H groups in total. The molecule has 1 heterocycles. The topological polar surface area (TPSA) is 47.9 Å². The summed E-state index contributed by atoms with van der Waals surface area (Å²) in [6, 6.07) is 15.2. The third kappa shape index (κ3) is 3.16. The van der Waals surface area contributed by atoms with E-state index in [1.807, 2.05) is 48.5 Å². The highest BCUT2D eigenvalue weighted by molar-refractivity contribution is 6.12. The summed E-state index contributed by atoms with van der Waals surface area (Å²) in [6.45, 7) is 2.06. The molecule has 23 heavy (non-hydrogen) atoms. The number of methoxy groups -OCH3 is 1. The van der Waals surface area contributed by atoms with Crippen LogP contribution in [0.25, 0.3) is 6.08 Å². The van der Waals surface area contributed by atoms with E-state index >= 15 is 0 Å². The second-order valence-corrected chi connectivity index (χ2v) is 5.13. The lowest BCUT2D eigenvalue weighted by Gasteiger charge is -2.07. The normalized spacial score (nSPS) is 15.5. The van der Waals surface area contributed by atoms with Crippen LogP contribution >= 0.6 is 0 Å². The summed E-state index contributed by atoms with van der Waals surface area (Å²) in [5.74, 6) is 0.751. The van der Waals surface area contributed by atoms with E-state index in [1.165, 1.54) is 0 Å². The number of rotatable bonds is 4. The summed E-state index contributed by atoms with van der Waals surface area (Å²) in [5.41, 5.74) is 3.07. The van der Waals surface area contributed by atoms with Gasteiger partial charge in [0.1, 0.15) is 5.75 Å². The smallest absolute Gasteiger partial charge is 0.363 e. The highest BCUT2D eigenvalue weighted by Gasteiger charge is 2.23. The van der Waals surface area contributed by atoms with Crippen LogP contribution < -0.4 is 4.74 Å². The van der Waals surface area contributed by atoms with Crippen LogP contribution in [0.5, 0.6) is 5.75 Å². The molecule has 0 amide bonds. The Morgan fingerprint density at radius 2 is 1.96 bits per heavy atom. The summed E-state index contributed by atoms with van der Waals surface area (Å²) in [7, 11) is 1.65. The number of ether oxygens (including phenoxy) is 2. The van der Waals surface area contributed by atoms with Gasteiger partial charge in [0, 0.05) is 5.56 Å². The molecule has 0 bridgehead atoms. The monoisotopic (exact) mass is 307 g/mol. The Balaban J connectivity index is 1.93. The SMILES string of the molecule is CCc1cc(/C=C2/N=C(c3ccccc3)OC2=O)ccc1OC. The molecular formula is C19H17NO3.